The lowest BCUT2D eigenvalue weighted by molar-refractivity contribution is 0.117. The van der Waals surface area contributed by atoms with Gasteiger partial charge in [0, 0.05) is 6.54 Å². The van der Waals surface area contributed by atoms with Crippen molar-refractivity contribution in [3.05, 3.63) is 34.9 Å². The van der Waals surface area contributed by atoms with E-state index in [0.29, 0.717) is 5.56 Å². The predicted molar refractivity (Wildman–Crippen MR) is 53.7 cm³/mol. The summed E-state index contributed by atoms with van der Waals surface area (Å²) in [7, 11) is 0. The molecule has 1 unspecified atom stereocenters. The highest BCUT2D eigenvalue weighted by molar-refractivity contribution is 5.36. The highest BCUT2D eigenvalue weighted by atomic mass is 19.3. The molecule has 0 radical (unpaired) electrons. The standard InChI is InChI=1S/C11H15F2N/c1-7-4-3-5-9(8(7)2)10(6-14)11(12)13/h3-5,10-11H,6,14H2,1-2H3. The zero-order chi connectivity index (χ0) is 10.7. The fourth-order valence-corrected chi connectivity index (χ4v) is 1.54. The zero-order valence-electron chi connectivity index (χ0n) is 8.43. The summed E-state index contributed by atoms with van der Waals surface area (Å²) in [6.45, 7) is 3.76. The van der Waals surface area contributed by atoms with Crippen LogP contribution in [0.15, 0.2) is 18.2 Å². The third-order valence-electron chi connectivity index (χ3n) is 2.60. The summed E-state index contributed by atoms with van der Waals surface area (Å²) >= 11 is 0. The van der Waals surface area contributed by atoms with Crippen molar-refractivity contribution in [2.24, 2.45) is 5.73 Å². The van der Waals surface area contributed by atoms with E-state index in [2.05, 4.69) is 0 Å². The van der Waals surface area contributed by atoms with Gasteiger partial charge >= 0.3 is 0 Å². The van der Waals surface area contributed by atoms with Crippen LogP contribution in [0.25, 0.3) is 0 Å². The smallest absolute Gasteiger partial charge is 0.246 e. The van der Waals surface area contributed by atoms with E-state index in [1.54, 1.807) is 12.1 Å². The molecule has 0 saturated heterocycles. The molecule has 1 rings (SSSR count). The number of nitrogens with two attached hydrogens (primary N) is 1. The summed E-state index contributed by atoms with van der Waals surface area (Å²) in [4.78, 5) is 0. The molecule has 1 aromatic rings. The summed E-state index contributed by atoms with van der Waals surface area (Å²) in [6.07, 6.45) is -2.39. The molecule has 0 bridgehead atoms. The topological polar surface area (TPSA) is 26.0 Å². The second-order valence-corrected chi connectivity index (χ2v) is 3.47. The van der Waals surface area contributed by atoms with Gasteiger partial charge in [-0.3, -0.25) is 0 Å². The van der Waals surface area contributed by atoms with Crippen LogP contribution in [-0.4, -0.2) is 13.0 Å². The van der Waals surface area contributed by atoms with Crippen molar-refractivity contribution in [3.8, 4) is 0 Å². The quantitative estimate of drug-likeness (QED) is 0.795. The molecule has 0 aliphatic rings. The third-order valence-corrected chi connectivity index (χ3v) is 2.60. The van der Waals surface area contributed by atoms with Crippen molar-refractivity contribution in [1.29, 1.82) is 0 Å². The lowest BCUT2D eigenvalue weighted by Gasteiger charge is -2.17. The Hall–Kier alpha value is -0.960. The van der Waals surface area contributed by atoms with Crippen LogP contribution in [0.1, 0.15) is 22.6 Å². The van der Waals surface area contributed by atoms with Gasteiger partial charge < -0.3 is 5.73 Å². The molecule has 0 amide bonds. The molecule has 3 heteroatoms. The summed E-state index contributed by atoms with van der Waals surface area (Å²) < 4.78 is 25.2. The molecular weight excluding hydrogens is 184 g/mol. The average molecular weight is 199 g/mol. The molecular formula is C11H15F2N. The third kappa shape index (κ3) is 2.10. The fourth-order valence-electron chi connectivity index (χ4n) is 1.54. The van der Waals surface area contributed by atoms with Crippen LogP contribution in [0.4, 0.5) is 8.78 Å². The molecule has 14 heavy (non-hydrogen) atoms. The van der Waals surface area contributed by atoms with Gasteiger partial charge in [-0.05, 0) is 30.5 Å². The van der Waals surface area contributed by atoms with Gasteiger partial charge in [-0.15, -0.1) is 0 Å². The summed E-state index contributed by atoms with van der Waals surface area (Å²) in [5.74, 6) is -0.838. The number of aryl methyl sites for hydroxylation is 1. The largest absolute Gasteiger partial charge is 0.330 e. The van der Waals surface area contributed by atoms with E-state index in [1.807, 2.05) is 19.9 Å². The first-order valence-electron chi connectivity index (χ1n) is 4.62. The molecule has 0 spiro atoms. The average Bonchev–Trinajstić information content (AvgIpc) is 2.13. The van der Waals surface area contributed by atoms with E-state index in [1.165, 1.54) is 0 Å². The van der Waals surface area contributed by atoms with Crippen LogP contribution in [-0.2, 0) is 0 Å². The van der Waals surface area contributed by atoms with E-state index in [9.17, 15) is 8.78 Å². The Kier molecular flexibility index (Phi) is 3.58. The van der Waals surface area contributed by atoms with E-state index < -0.39 is 12.3 Å². The lowest BCUT2D eigenvalue weighted by atomic mass is 9.92. The van der Waals surface area contributed by atoms with Crippen molar-refractivity contribution < 1.29 is 8.78 Å². The first kappa shape index (κ1) is 11.1. The molecule has 1 aromatic carbocycles. The maximum absolute atomic E-state index is 12.6. The first-order valence-corrected chi connectivity index (χ1v) is 4.62. The number of hydrogen-bond donors (Lipinski definition) is 1. The Bertz CT molecular complexity index is 310. The summed E-state index contributed by atoms with van der Waals surface area (Å²) in [6, 6.07) is 5.44. The van der Waals surface area contributed by atoms with Gasteiger partial charge in [-0.1, -0.05) is 18.2 Å². The maximum Gasteiger partial charge on any atom is 0.246 e. The predicted octanol–water partition coefficient (Wildman–Crippen LogP) is 2.61. The fraction of sp³-hybridized carbons (Fsp3) is 0.455. The second kappa shape index (κ2) is 4.51. The van der Waals surface area contributed by atoms with Crippen molar-refractivity contribution >= 4 is 0 Å². The Morgan fingerprint density at radius 2 is 1.93 bits per heavy atom. The van der Waals surface area contributed by atoms with Gasteiger partial charge in [-0.25, -0.2) is 8.78 Å². The van der Waals surface area contributed by atoms with E-state index in [-0.39, 0.29) is 6.54 Å². The number of alkyl halides is 2. The van der Waals surface area contributed by atoms with Crippen LogP contribution in [0.5, 0.6) is 0 Å². The van der Waals surface area contributed by atoms with Crippen molar-refractivity contribution in [2.75, 3.05) is 6.54 Å². The van der Waals surface area contributed by atoms with Crippen molar-refractivity contribution in [1.82, 2.24) is 0 Å². The van der Waals surface area contributed by atoms with Crippen LogP contribution < -0.4 is 5.73 Å². The van der Waals surface area contributed by atoms with Crippen molar-refractivity contribution in [2.45, 2.75) is 26.2 Å². The van der Waals surface area contributed by atoms with E-state index in [0.717, 1.165) is 11.1 Å². The Balaban J connectivity index is 3.10. The molecule has 0 aliphatic heterocycles. The maximum atomic E-state index is 12.6. The van der Waals surface area contributed by atoms with Gasteiger partial charge in [0.1, 0.15) is 0 Å². The number of benzene rings is 1. The summed E-state index contributed by atoms with van der Waals surface area (Å²) in [5, 5.41) is 0. The van der Waals surface area contributed by atoms with Gasteiger partial charge in [0.15, 0.2) is 0 Å². The normalized spacial score (nSPS) is 13.3. The van der Waals surface area contributed by atoms with Crippen molar-refractivity contribution in [3.63, 3.8) is 0 Å². The van der Waals surface area contributed by atoms with Gasteiger partial charge in [0.2, 0.25) is 6.43 Å². The highest BCUT2D eigenvalue weighted by Crippen LogP contribution is 2.26. The van der Waals surface area contributed by atoms with Crippen LogP contribution in [0, 0.1) is 13.8 Å². The number of rotatable bonds is 3. The molecule has 1 atom stereocenters. The first-order chi connectivity index (χ1) is 6.57. The molecule has 0 aliphatic carbocycles. The molecule has 0 aromatic heterocycles. The zero-order valence-corrected chi connectivity index (χ0v) is 8.43. The SMILES string of the molecule is Cc1cccc(C(CN)C(F)F)c1C. The van der Waals surface area contributed by atoms with Crippen LogP contribution >= 0.6 is 0 Å². The molecule has 78 valence electrons. The summed E-state index contributed by atoms with van der Waals surface area (Å²) in [5.41, 5.74) is 7.96. The minimum Gasteiger partial charge on any atom is -0.330 e. The van der Waals surface area contributed by atoms with Gasteiger partial charge in [0.05, 0.1) is 5.92 Å². The molecule has 0 fully saturated rings. The van der Waals surface area contributed by atoms with E-state index in [4.69, 9.17) is 5.73 Å². The molecule has 1 nitrogen and oxygen atoms in total. The van der Waals surface area contributed by atoms with Crippen LogP contribution in [0.2, 0.25) is 0 Å². The number of halogens is 2. The second-order valence-electron chi connectivity index (χ2n) is 3.47. The van der Waals surface area contributed by atoms with E-state index >= 15 is 0 Å². The Morgan fingerprint density at radius 3 is 2.43 bits per heavy atom. The Labute approximate surface area is 82.9 Å². The van der Waals surface area contributed by atoms with Crippen LogP contribution in [0.3, 0.4) is 0 Å². The lowest BCUT2D eigenvalue weighted by Crippen LogP contribution is -2.20. The molecule has 2 N–H and O–H groups in total. The van der Waals surface area contributed by atoms with Gasteiger partial charge in [0.25, 0.3) is 0 Å². The number of hydrogen-bond acceptors (Lipinski definition) is 1. The minimum absolute atomic E-state index is 0.0119. The highest BCUT2D eigenvalue weighted by Gasteiger charge is 2.22. The Morgan fingerprint density at radius 1 is 1.29 bits per heavy atom. The molecule has 0 saturated carbocycles. The monoisotopic (exact) mass is 199 g/mol. The minimum atomic E-state index is -2.39. The van der Waals surface area contributed by atoms with Gasteiger partial charge in [-0.2, -0.15) is 0 Å². The molecule has 0 heterocycles.